The third-order valence-corrected chi connectivity index (χ3v) is 7.95. The Labute approximate surface area is 197 Å². The van der Waals surface area contributed by atoms with Crippen molar-refractivity contribution in [3.8, 4) is 0 Å². The number of fused-ring (bicyclic) bond motifs is 1. The molecule has 1 unspecified atom stereocenters. The minimum Gasteiger partial charge on any atom is -0.340 e. The fraction of sp³-hybridized carbons (Fsp3) is 0.500. The Morgan fingerprint density at radius 3 is 2.27 bits per heavy atom. The molecule has 1 atom stereocenters. The van der Waals surface area contributed by atoms with Gasteiger partial charge in [0.1, 0.15) is 0 Å². The van der Waals surface area contributed by atoms with Crippen molar-refractivity contribution in [2.75, 3.05) is 31.1 Å². The average Bonchev–Trinajstić information content (AvgIpc) is 3.11. The lowest BCUT2D eigenvalue weighted by atomic mass is 9.93. The first-order valence-electron chi connectivity index (χ1n) is 12.5. The van der Waals surface area contributed by atoms with Crippen LogP contribution in [0.25, 0.3) is 0 Å². The number of hydrogen-bond acceptors (Lipinski definition) is 3. The molecule has 0 bridgehead atoms. The molecule has 33 heavy (non-hydrogen) atoms. The van der Waals surface area contributed by atoms with Crippen LogP contribution in [-0.4, -0.2) is 53.8 Å². The summed E-state index contributed by atoms with van der Waals surface area (Å²) in [5.74, 6) is 0.155. The van der Waals surface area contributed by atoms with Gasteiger partial charge in [0, 0.05) is 43.5 Å². The highest BCUT2D eigenvalue weighted by Gasteiger charge is 2.40. The van der Waals surface area contributed by atoms with Gasteiger partial charge in [-0.3, -0.25) is 14.5 Å². The Hall–Kier alpha value is -2.66. The molecule has 2 aromatic carbocycles. The molecule has 2 aromatic rings. The maximum atomic E-state index is 13.5. The van der Waals surface area contributed by atoms with Gasteiger partial charge in [0.05, 0.1) is 12.5 Å². The normalized spacial score (nSPS) is 22.0. The van der Waals surface area contributed by atoms with Gasteiger partial charge < -0.3 is 9.80 Å². The van der Waals surface area contributed by atoms with Crippen LogP contribution in [0.15, 0.2) is 42.5 Å². The Kier molecular flexibility index (Phi) is 6.24. The van der Waals surface area contributed by atoms with Crippen molar-refractivity contribution in [1.29, 1.82) is 0 Å². The van der Waals surface area contributed by atoms with Gasteiger partial charge in [0.15, 0.2) is 0 Å². The summed E-state index contributed by atoms with van der Waals surface area (Å²) < 4.78 is 0. The van der Waals surface area contributed by atoms with Crippen molar-refractivity contribution in [3.05, 3.63) is 64.7 Å². The lowest BCUT2D eigenvalue weighted by molar-refractivity contribution is -0.133. The van der Waals surface area contributed by atoms with E-state index in [0.717, 1.165) is 54.1 Å². The predicted molar refractivity (Wildman–Crippen MR) is 132 cm³/mol. The zero-order valence-corrected chi connectivity index (χ0v) is 19.9. The molecule has 3 aliphatic rings. The second-order valence-electron chi connectivity index (χ2n) is 9.96. The molecule has 0 spiro atoms. The number of piperazine rings is 1. The summed E-state index contributed by atoms with van der Waals surface area (Å²) >= 11 is 0. The van der Waals surface area contributed by atoms with Crippen LogP contribution in [0.2, 0.25) is 0 Å². The number of carbonyl (C=O) groups is 2. The first kappa shape index (κ1) is 22.1. The molecule has 174 valence electrons. The summed E-state index contributed by atoms with van der Waals surface area (Å²) in [5, 5.41) is 0. The van der Waals surface area contributed by atoms with E-state index in [2.05, 4.69) is 17.9 Å². The maximum absolute atomic E-state index is 13.5. The van der Waals surface area contributed by atoms with E-state index in [-0.39, 0.29) is 17.9 Å². The third kappa shape index (κ3) is 4.31. The van der Waals surface area contributed by atoms with E-state index in [0.29, 0.717) is 12.5 Å². The highest BCUT2D eigenvalue weighted by molar-refractivity contribution is 6.11. The summed E-state index contributed by atoms with van der Waals surface area (Å²) in [6.45, 7) is 7.64. The fourth-order valence-corrected chi connectivity index (χ4v) is 5.87. The number of anilines is 1. The van der Waals surface area contributed by atoms with Gasteiger partial charge in [0.2, 0.25) is 5.91 Å². The van der Waals surface area contributed by atoms with E-state index >= 15 is 0 Å². The van der Waals surface area contributed by atoms with E-state index in [1.807, 2.05) is 53.1 Å². The predicted octanol–water partition coefficient (Wildman–Crippen LogP) is 4.87. The van der Waals surface area contributed by atoms with E-state index in [4.69, 9.17) is 0 Å². The van der Waals surface area contributed by atoms with Crippen molar-refractivity contribution in [3.63, 3.8) is 0 Å². The Morgan fingerprint density at radius 2 is 1.58 bits per heavy atom. The lowest BCUT2D eigenvalue weighted by Crippen LogP contribution is -2.52. The molecule has 1 saturated carbocycles. The lowest BCUT2D eigenvalue weighted by Gasteiger charge is -2.41. The second kappa shape index (κ2) is 9.30. The van der Waals surface area contributed by atoms with Crippen LogP contribution in [0.4, 0.5) is 5.69 Å². The van der Waals surface area contributed by atoms with Gasteiger partial charge >= 0.3 is 0 Å². The van der Waals surface area contributed by atoms with Crippen LogP contribution in [0.1, 0.15) is 71.6 Å². The van der Waals surface area contributed by atoms with E-state index in [1.54, 1.807) is 0 Å². The van der Waals surface area contributed by atoms with Crippen LogP contribution in [0, 0.1) is 13.8 Å². The number of carbonyl (C=O) groups excluding carboxylic acids is 2. The summed E-state index contributed by atoms with van der Waals surface area (Å²) in [6, 6.07) is 14.3. The monoisotopic (exact) mass is 445 g/mol. The molecular formula is C28H35N3O2. The molecule has 5 heteroatoms. The van der Waals surface area contributed by atoms with Crippen LogP contribution in [0.3, 0.4) is 0 Å². The molecule has 0 aromatic heterocycles. The van der Waals surface area contributed by atoms with Crippen molar-refractivity contribution < 1.29 is 9.59 Å². The molecule has 2 heterocycles. The number of benzene rings is 2. The molecule has 0 radical (unpaired) electrons. The highest BCUT2D eigenvalue weighted by atomic mass is 16.2. The zero-order valence-electron chi connectivity index (χ0n) is 19.9. The van der Waals surface area contributed by atoms with E-state index in [9.17, 15) is 9.59 Å². The molecule has 0 N–H and O–H groups in total. The third-order valence-electron chi connectivity index (χ3n) is 7.95. The minimum atomic E-state index is -0.252. The summed E-state index contributed by atoms with van der Waals surface area (Å²) in [4.78, 5) is 33.3. The quantitative estimate of drug-likeness (QED) is 0.674. The minimum absolute atomic E-state index is 0.000724. The number of amides is 2. The molecule has 5 nitrogen and oxygen atoms in total. The maximum Gasteiger partial charge on any atom is 0.259 e. The van der Waals surface area contributed by atoms with Gasteiger partial charge in [0.25, 0.3) is 5.91 Å². The molecule has 1 saturated heterocycles. The van der Waals surface area contributed by atoms with Crippen LogP contribution >= 0.6 is 0 Å². The second-order valence-corrected chi connectivity index (χ2v) is 9.96. The SMILES string of the molecule is Cc1cc2c(cc1C)C(CC(=O)N1CCN(C3CCCCC3)CC1)N(c1ccccc1)C2=O. The highest BCUT2D eigenvalue weighted by Crippen LogP contribution is 2.41. The summed E-state index contributed by atoms with van der Waals surface area (Å²) in [5.41, 5.74) is 4.85. The van der Waals surface area contributed by atoms with E-state index in [1.165, 1.54) is 32.1 Å². The average molecular weight is 446 g/mol. The molecule has 5 rings (SSSR count). The molecule has 2 fully saturated rings. The smallest absolute Gasteiger partial charge is 0.259 e. The molecule has 1 aliphatic carbocycles. The molecule has 2 aliphatic heterocycles. The van der Waals surface area contributed by atoms with Crippen LogP contribution in [-0.2, 0) is 4.79 Å². The number of aryl methyl sites for hydroxylation is 2. The first-order valence-corrected chi connectivity index (χ1v) is 12.5. The van der Waals surface area contributed by atoms with Gasteiger partial charge in [-0.05, 0) is 61.6 Å². The standard InChI is InChI=1S/C28H35N3O2/c1-20-17-24-25(18-21(20)2)28(33)31(23-11-7-4-8-12-23)26(24)19-27(32)30-15-13-29(14-16-30)22-9-5-3-6-10-22/h4,7-8,11-12,17-18,22,26H,3,5-6,9-10,13-16,19H2,1-2H3. The van der Waals surface area contributed by atoms with Crippen LogP contribution in [0.5, 0.6) is 0 Å². The number of rotatable bonds is 4. The first-order chi connectivity index (χ1) is 16.0. The number of para-hydroxylation sites is 1. The summed E-state index contributed by atoms with van der Waals surface area (Å²) in [7, 11) is 0. The van der Waals surface area contributed by atoms with Crippen molar-refractivity contribution in [1.82, 2.24) is 9.80 Å². The Morgan fingerprint density at radius 1 is 0.909 bits per heavy atom. The Bertz CT molecular complexity index is 1020. The summed E-state index contributed by atoms with van der Waals surface area (Å²) in [6.07, 6.45) is 6.99. The van der Waals surface area contributed by atoms with Gasteiger partial charge in [-0.1, -0.05) is 43.5 Å². The van der Waals surface area contributed by atoms with Crippen molar-refractivity contribution >= 4 is 17.5 Å². The molecule has 2 amide bonds. The Balaban J connectivity index is 1.34. The van der Waals surface area contributed by atoms with E-state index < -0.39 is 0 Å². The molecular weight excluding hydrogens is 410 g/mol. The largest absolute Gasteiger partial charge is 0.340 e. The zero-order chi connectivity index (χ0) is 22.9. The fourth-order valence-electron chi connectivity index (χ4n) is 5.87. The topological polar surface area (TPSA) is 43.9 Å². The van der Waals surface area contributed by atoms with Gasteiger partial charge in [-0.2, -0.15) is 0 Å². The van der Waals surface area contributed by atoms with Crippen LogP contribution < -0.4 is 4.90 Å². The van der Waals surface area contributed by atoms with Crippen molar-refractivity contribution in [2.24, 2.45) is 0 Å². The van der Waals surface area contributed by atoms with Gasteiger partial charge in [-0.15, -0.1) is 0 Å². The van der Waals surface area contributed by atoms with Gasteiger partial charge in [-0.25, -0.2) is 0 Å². The number of hydrogen-bond donors (Lipinski definition) is 0. The number of nitrogens with zero attached hydrogens (tertiary/aromatic N) is 3. The van der Waals surface area contributed by atoms with Crippen molar-refractivity contribution in [2.45, 2.75) is 64.5 Å².